The Balaban J connectivity index is 2.05. The van der Waals surface area contributed by atoms with Gasteiger partial charge in [0.05, 0.1) is 0 Å². The second-order valence-electron chi connectivity index (χ2n) is 2.75. The monoisotopic (exact) mass is 224 g/mol. The molecule has 72 valence electrons. The fraction of sp³-hybridized carbons (Fsp3) is 0.0909. The molecule has 1 aromatic carbocycles. The maximum absolute atomic E-state index is 5.81. The molecule has 0 aromatic heterocycles. The van der Waals surface area contributed by atoms with Crippen LogP contribution in [-0.4, -0.2) is 5.56 Å². The largest absolute Gasteiger partial charge is 0.464 e. The van der Waals surface area contributed by atoms with E-state index < -0.39 is 0 Å². The Morgan fingerprint density at radius 2 is 2.00 bits per heavy atom. The highest BCUT2D eigenvalue weighted by Gasteiger charge is 2.09. The first kappa shape index (κ1) is 9.69. The summed E-state index contributed by atoms with van der Waals surface area (Å²) < 4.78 is 5.39. The van der Waals surface area contributed by atoms with Gasteiger partial charge >= 0.3 is 0 Å². The van der Waals surface area contributed by atoms with Crippen LogP contribution < -0.4 is 0 Å². The summed E-state index contributed by atoms with van der Waals surface area (Å²) in [5.41, 5.74) is -0.341. The number of allylic oxidation sites excluding steroid dienone is 2. The number of benzene rings is 1. The molecule has 1 nitrogen and oxygen atoms in total. The summed E-state index contributed by atoms with van der Waals surface area (Å²) in [4.78, 5) is 1.15. The van der Waals surface area contributed by atoms with E-state index in [1.54, 1.807) is 17.8 Å². The van der Waals surface area contributed by atoms with Gasteiger partial charge in [0, 0.05) is 4.90 Å². The van der Waals surface area contributed by atoms with Crippen LogP contribution in [0.5, 0.6) is 0 Å². The molecule has 0 amide bonds. The van der Waals surface area contributed by atoms with E-state index in [0.29, 0.717) is 0 Å². The number of hydrogen-bond donors (Lipinski definition) is 0. The molecule has 0 saturated heterocycles. The number of ether oxygens (including phenoxy) is 1. The van der Waals surface area contributed by atoms with Gasteiger partial charge < -0.3 is 4.74 Å². The molecule has 0 spiro atoms. The van der Waals surface area contributed by atoms with Crippen molar-refractivity contribution in [2.45, 2.75) is 10.5 Å². The van der Waals surface area contributed by atoms with E-state index in [0.717, 1.165) is 9.99 Å². The zero-order valence-corrected chi connectivity index (χ0v) is 8.96. The molecule has 0 N–H and O–H groups in total. The molecule has 1 unspecified atom stereocenters. The molecular formula is C11H9ClOS. The van der Waals surface area contributed by atoms with Crippen molar-refractivity contribution >= 4 is 23.4 Å². The third kappa shape index (κ3) is 2.56. The minimum Gasteiger partial charge on any atom is -0.464 e. The van der Waals surface area contributed by atoms with E-state index in [1.165, 1.54) is 0 Å². The van der Waals surface area contributed by atoms with E-state index in [1.807, 2.05) is 42.5 Å². The van der Waals surface area contributed by atoms with Crippen LogP contribution in [0.25, 0.3) is 0 Å². The standard InChI is InChI=1S/C11H9ClOS/c12-10-7-4-8-11(13-10)14-9-5-2-1-3-6-9/h1-8,10H. The molecular weight excluding hydrogens is 216 g/mol. The number of hydrogen-bond acceptors (Lipinski definition) is 2. The number of alkyl halides is 1. The molecule has 0 aliphatic carbocycles. The first-order chi connectivity index (χ1) is 6.84. The average Bonchev–Trinajstić information content (AvgIpc) is 2.19. The van der Waals surface area contributed by atoms with Gasteiger partial charge in [-0.15, -0.1) is 0 Å². The Bertz CT molecular complexity index is 359. The van der Waals surface area contributed by atoms with Crippen LogP contribution in [-0.2, 0) is 4.74 Å². The smallest absolute Gasteiger partial charge is 0.191 e. The highest BCUT2D eigenvalue weighted by molar-refractivity contribution is 8.02. The van der Waals surface area contributed by atoms with E-state index in [2.05, 4.69) is 0 Å². The minimum atomic E-state index is -0.341. The summed E-state index contributed by atoms with van der Waals surface area (Å²) in [6.07, 6.45) is 5.62. The second-order valence-corrected chi connectivity index (χ2v) is 4.26. The normalized spacial score (nSPS) is 20.1. The highest BCUT2D eigenvalue weighted by atomic mass is 35.5. The molecule has 1 atom stereocenters. The first-order valence-corrected chi connectivity index (χ1v) is 5.52. The van der Waals surface area contributed by atoms with Crippen LogP contribution in [0.3, 0.4) is 0 Å². The van der Waals surface area contributed by atoms with Crippen molar-refractivity contribution in [3.8, 4) is 0 Å². The Kier molecular flexibility index (Phi) is 3.17. The number of halogens is 1. The number of rotatable bonds is 2. The molecule has 1 heterocycles. The SMILES string of the molecule is ClC1C=CC=C(Sc2ccccc2)O1. The summed E-state index contributed by atoms with van der Waals surface area (Å²) in [6.45, 7) is 0. The van der Waals surface area contributed by atoms with Crippen molar-refractivity contribution in [1.82, 2.24) is 0 Å². The summed E-state index contributed by atoms with van der Waals surface area (Å²) in [7, 11) is 0. The first-order valence-electron chi connectivity index (χ1n) is 4.27. The lowest BCUT2D eigenvalue weighted by atomic mass is 10.4. The fourth-order valence-electron chi connectivity index (χ4n) is 1.07. The number of thioether (sulfide) groups is 1. The minimum absolute atomic E-state index is 0.341. The zero-order chi connectivity index (χ0) is 9.80. The van der Waals surface area contributed by atoms with Gasteiger partial charge in [0.15, 0.2) is 10.7 Å². The molecule has 0 radical (unpaired) electrons. The van der Waals surface area contributed by atoms with Gasteiger partial charge in [-0.25, -0.2) is 0 Å². The predicted molar refractivity (Wildman–Crippen MR) is 60.2 cm³/mol. The van der Waals surface area contributed by atoms with Gasteiger partial charge in [-0.2, -0.15) is 0 Å². The van der Waals surface area contributed by atoms with Crippen molar-refractivity contribution < 1.29 is 4.74 Å². The average molecular weight is 225 g/mol. The van der Waals surface area contributed by atoms with Crippen molar-refractivity contribution in [2.75, 3.05) is 0 Å². The summed E-state index contributed by atoms with van der Waals surface area (Å²) in [5, 5.41) is 0.832. The van der Waals surface area contributed by atoms with E-state index >= 15 is 0 Å². The lowest BCUT2D eigenvalue weighted by Gasteiger charge is -2.14. The molecule has 14 heavy (non-hydrogen) atoms. The molecule has 0 fully saturated rings. The van der Waals surface area contributed by atoms with Gasteiger partial charge in [0.25, 0.3) is 0 Å². The molecule has 1 aliphatic rings. The maximum atomic E-state index is 5.81. The van der Waals surface area contributed by atoms with Gasteiger partial charge in [0.2, 0.25) is 0 Å². The van der Waals surface area contributed by atoms with Crippen LogP contribution in [0.2, 0.25) is 0 Å². The topological polar surface area (TPSA) is 9.23 Å². The van der Waals surface area contributed by atoms with Gasteiger partial charge in [-0.3, -0.25) is 0 Å². The zero-order valence-electron chi connectivity index (χ0n) is 7.39. The lowest BCUT2D eigenvalue weighted by Crippen LogP contribution is -2.02. The van der Waals surface area contributed by atoms with Crippen molar-refractivity contribution in [3.63, 3.8) is 0 Å². The highest BCUT2D eigenvalue weighted by Crippen LogP contribution is 2.30. The molecule has 0 bridgehead atoms. The van der Waals surface area contributed by atoms with Gasteiger partial charge in [-0.05, 0) is 24.3 Å². The van der Waals surface area contributed by atoms with Crippen LogP contribution >= 0.6 is 23.4 Å². The molecule has 2 rings (SSSR count). The second kappa shape index (κ2) is 4.58. The molecule has 1 aliphatic heterocycles. The van der Waals surface area contributed by atoms with E-state index in [4.69, 9.17) is 16.3 Å². The quantitative estimate of drug-likeness (QED) is 0.708. The lowest BCUT2D eigenvalue weighted by molar-refractivity contribution is 0.240. The Morgan fingerprint density at radius 3 is 2.71 bits per heavy atom. The Labute approximate surface area is 92.4 Å². The molecule has 0 saturated carbocycles. The van der Waals surface area contributed by atoms with Crippen molar-refractivity contribution in [1.29, 1.82) is 0 Å². The third-order valence-corrected chi connectivity index (χ3v) is 2.86. The summed E-state index contributed by atoms with van der Waals surface area (Å²) in [5.74, 6) is 0. The summed E-state index contributed by atoms with van der Waals surface area (Å²) in [6, 6.07) is 10.1. The predicted octanol–water partition coefficient (Wildman–Crippen LogP) is 3.77. The van der Waals surface area contributed by atoms with Gasteiger partial charge in [-0.1, -0.05) is 47.6 Å². The van der Waals surface area contributed by atoms with Crippen LogP contribution in [0.15, 0.2) is 58.5 Å². The van der Waals surface area contributed by atoms with Crippen molar-refractivity contribution in [3.05, 3.63) is 53.7 Å². The summed E-state index contributed by atoms with van der Waals surface area (Å²) >= 11 is 7.39. The van der Waals surface area contributed by atoms with Crippen LogP contribution in [0.4, 0.5) is 0 Å². The third-order valence-electron chi connectivity index (χ3n) is 1.69. The van der Waals surface area contributed by atoms with Crippen LogP contribution in [0, 0.1) is 0 Å². The van der Waals surface area contributed by atoms with Crippen molar-refractivity contribution in [2.24, 2.45) is 0 Å². The molecule has 1 aromatic rings. The fourth-order valence-corrected chi connectivity index (χ4v) is 2.13. The Hall–Kier alpha value is -0.860. The maximum Gasteiger partial charge on any atom is 0.191 e. The van der Waals surface area contributed by atoms with Gasteiger partial charge in [0.1, 0.15) is 0 Å². The molecule has 3 heteroatoms. The van der Waals surface area contributed by atoms with E-state index in [-0.39, 0.29) is 5.56 Å². The van der Waals surface area contributed by atoms with Crippen LogP contribution in [0.1, 0.15) is 0 Å². The Morgan fingerprint density at radius 1 is 1.21 bits per heavy atom. The van der Waals surface area contributed by atoms with E-state index in [9.17, 15) is 0 Å².